The molecule has 0 radical (unpaired) electrons. The van der Waals surface area contributed by atoms with Crippen LogP contribution in [0.5, 0.6) is 11.5 Å². The molecule has 0 heterocycles. The first-order valence-corrected chi connectivity index (χ1v) is 12.5. The highest BCUT2D eigenvalue weighted by Gasteiger charge is 2.29. The molecule has 0 unspecified atom stereocenters. The van der Waals surface area contributed by atoms with E-state index in [1.54, 1.807) is 13.0 Å². The molecule has 0 saturated heterocycles. The molecule has 0 bridgehead atoms. The van der Waals surface area contributed by atoms with Gasteiger partial charge in [-0.1, -0.05) is 17.7 Å². The van der Waals surface area contributed by atoms with Gasteiger partial charge in [0.2, 0.25) is 5.91 Å². The monoisotopic (exact) mass is 550 g/mol. The van der Waals surface area contributed by atoms with Gasteiger partial charge in [-0.3, -0.25) is 9.10 Å². The number of sulfonamides is 1. The number of carbonyl (C=O) groups is 2. The normalized spacial score (nSPS) is 11.0. The smallest absolute Gasteiger partial charge is 0.337 e. The highest BCUT2D eigenvalue weighted by Crippen LogP contribution is 2.33. The lowest BCUT2D eigenvalue weighted by Gasteiger charge is -2.25. The van der Waals surface area contributed by atoms with Crippen LogP contribution in [0.4, 0.5) is 15.8 Å². The van der Waals surface area contributed by atoms with Crippen molar-refractivity contribution < 1.29 is 36.6 Å². The molecule has 37 heavy (non-hydrogen) atoms. The van der Waals surface area contributed by atoms with E-state index in [4.69, 9.17) is 25.8 Å². The summed E-state index contributed by atoms with van der Waals surface area (Å²) < 4.78 is 57.1. The first-order valence-electron chi connectivity index (χ1n) is 10.7. The summed E-state index contributed by atoms with van der Waals surface area (Å²) in [6, 6.07) is 11.8. The second-order valence-corrected chi connectivity index (χ2v) is 9.97. The fourth-order valence-electron chi connectivity index (χ4n) is 3.38. The van der Waals surface area contributed by atoms with Crippen molar-refractivity contribution in [3.05, 3.63) is 76.6 Å². The Bertz CT molecular complexity index is 1450. The molecule has 0 fully saturated rings. The Kier molecular flexibility index (Phi) is 8.61. The average Bonchev–Trinajstić information content (AvgIpc) is 2.89. The van der Waals surface area contributed by atoms with Crippen molar-refractivity contribution in [1.82, 2.24) is 0 Å². The number of hydrogen-bond acceptors (Lipinski definition) is 7. The Balaban J connectivity index is 2.02. The van der Waals surface area contributed by atoms with E-state index in [-0.39, 0.29) is 32.6 Å². The van der Waals surface area contributed by atoms with Gasteiger partial charge in [0.1, 0.15) is 12.4 Å². The SMILES string of the molecule is COC(=O)c1ccc(C)c(NC(=O)CN(c2ccc(F)c(Cl)c2)S(=O)(=O)c2ccc(OC)c(OC)c2)c1. The van der Waals surface area contributed by atoms with Crippen LogP contribution >= 0.6 is 11.6 Å². The van der Waals surface area contributed by atoms with E-state index in [1.807, 2.05) is 0 Å². The van der Waals surface area contributed by atoms with Gasteiger partial charge in [-0.2, -0.15) is 0 Å². The molecule has 0 aliphatic heterocycles. The van der Waals surface area contributed by atoms with Crippen LogP contribution in [0.2, 0.25) is 5.02 Å². The zero-order valence-electron chi connectivity index (χ0n) is 20.4. The first kappa shape index (κ1) is 27.8. The second kappa shape index (κ2) is 11.5. The van der Waals surface area contributed by atoms with Gasteiger partial charge in [0.25, 0.3) is 10.0 Å². The molecule has 12 heteroatoms. The lowest BCUT2D eigenvalue weighted by atomic mass is 10.1. The first-order chi connectivity index (χ1) is 17.5. The second-order valence-electron chi connectivity index (χ2n) is 7.70. The minimum atomic E-state index is -4.38. The molecular weight excluding hydrogens is 527 g/mol. The van der Waals surface area contributed by atoms with Crippen LogP contribution in [0.3, 0.4) is 0 Å². The summed E-state index contributed by atoms with van der Waals surface area (Å²) in [7, 11) is -0.401. The lowest BCUT2D eigenvalue weighted by Crippen LogP contribution is -2.38. The number of ether oxygens (including phenoxy) is 3. The molecule has 196 valence electrons. The van der Waals surface area contributed by atoms with E-state index < -0.39 is 34.3 Å². The molecule has 3 aromatic rings. The van der Waals surface area contributed by atoms with Crippen molar-refractivity contribution in [1.29, 1.82) is 0 Å². The average molecular weight is 551 g/mol. The molecule has 3 rings (SSSR count). The van der Waals surface area contributed by atoms with Gasteiger partial charge in [0, 0.05) is 11.8 Å². The van der Waals surface area contributed by atoms with Crippen molar-refractivity contribution >= 4 is 44.9 Å². The molecule has 3 aromatic carbocycles. The number of esters is 1. The Labute approximate surface area is 218 Å². The van der Waals surface area contributed by atoms with E-state index in [0.29, 0.717) is 11.3 Å². The maximum absolute atomic E-state index is 13.8. The fourth-order valence-corrected chi connectivity index (χ4v) is 4.98. The van der Waals surface area contributed by atoms with Gasteiger partial charge in [-0.25, -0.2) is 17.6 Å². The number of amides is 1. The zero-order valence-corrected chi connectivity index (χ0v) is 21.9. The molecule has 1 amide bonds. The number of benzene rings is 3. The molecule has 0 aliphatic rings. The van der Waals surface area contributed by atoms with Crippen LogP contribution in [-0.4, -0.2) is 48.2 Å². The number of halogens is 2. The summed E-state index contributed by atoms with van der Waals surface area (Å²) in [5, 5.41) is 2.29. The summed E-state index contributed by atoms with van der Waals surface area (Å²) >= 11 is 5.91. The van der Waals surface area contributed by atoms with Gasteiger partial charge in [-0.15, -0.1) is 0 Å². The summed E-state index contributed by atoms with van der Waals surface area (Å²) in [4.78, 5) is 24.7. The van der Waals surface area contributed by atoms with Crippen LogP contribution < -0.4 is 19.1 Å². The Morgan fingerprint density at radius 3 is 2.30 bits per heavy atom. The fraction of sp³-hybridized carbons (Fsp3) is 0.200. The van der Waals surface area contributed by atoms with Crippen molar-refractivity contribution in [3.63, 3.8) is 0 Å². The molecule has 0 atom stereocenters. The van der Waals surface area contributed by atoms with E-state index in [9.17, 15) is 22.4 Å². The Morgan fingerprint density at radius 2 is 1.68 bits per heavy atom. The summed E-state index contributed by atoms with van der Waals surface area (Å²) in [6.45, 7) is 1.01. The molecule has 0 saturated carbocycles. The molecular formula is C25H24ClFN2O7S. The summed E-state index contributed by atoms with van der Waals surface area (Å²) in [5.41, 5.74) is 1.06. The van der Waals surface area contributed by atoms with Crippen molar-refractivity contribution in [2.24, 2.45) is 0 Å². The largest absolute Gasteiger partial charge is 0.493 e. The number of methoxy groups -OCH3 is 3. The predicted octanol–water partition coefficient (Wildman–Crippen LogP) is 4.43. The van der Waals surface area contributed by atoms with Crippen LogP contribution in [-0.2, 0) is 19.6 Å². The van der Waals surface area contributed by atoms with E-state index in [2.05, 4.69) is 5.32 Å². The molecule has 1 N–H and O–H groups in total. The maximum Gasteiger partial charge on any atom is 0.337 e. The van der Waals surface area contributed by atoms with E-state index in [0.717, 1.165) is 16.4 Å². The maximum atomic E-state index is 13.8. The van der Waals surface area contributed by atoms with Gasteiger partial charge in [0.05, 0.1) is 42.5 Å². The van der Waals surface area contributed by atoms with Crippen molar-refractivity contribution in [2.75, 3.05) is 37.5 Å². The number of nitrogens with zero attached hydrogens (tertiary/aromatic N) is 1. The number of rotatable bonds is 9. The number of hydrogen-bond donors (Lipinski definition) is 1. The predicted molar refractivity (Wildman–Crippen MR) is 137 cm³/mol. The van der Waals surface area contributed by atoms with E-state index >= 15 is 0 Å². The Morgan fingerprint density at radius 1 is 0.973 bits per heavy atom. The Hall–Kier alpha value is -3.83. The quantitative estimate of drug-likeness (QED) is 0.392. The zero-order chi connectivity index (χ0) is 27.3. The number of anilines is 2. The third-order valence-electron chi connectivity index (χ3n) is 5.35. The summed E-state index contributed by atoms with van der Waals surface area (Å²) in [5.74, 6) is -1.63. The number of aryl methyl sites for hydroxylation is 1. The molecule has 0 spiro atoms. The third-order valence-corrected chi connectivity index (χ3v) is 7.41. The van der Waals surface area contributed by atoms with Crippen LogP contribution in [0.15, 0.2) is 59.5 Å². The van der Waals surface area contributed by atoms with Crippen LogP contribution in [0, 0.1) is 12.7 Å². The lowest BCUT2D eigenvalue weighted by molar-refractivity contribution is -0.114. The highest BCUT2D eigenvalue weighted by atomic mass is 35.5. The van der Waals surface area contributed by atoms with E-state index in [1.165, 1.54) is 57.7 Å². The van der Waals surface area contributed by atoms with Crippen molar-refractivity contribution in [3.8, 4) is 11.5 Å². The standard InChI is InChI=1S/C25H24ClFN2O7S/c1-15-5-6-16(25(31)36-4)11-21(15)28-24(30)14-29(17-7-9-20(27)19(26)12-17)37(32,33)18-8-10-22(34-2)23(13-18)35-3/h5-13H,14H2,1-4H3,(H,28,30). The minimum absolute atomic E-state index is 0.0450. The number of nitrogens with one attached hydrogen (secondary N) is 1. The highest BCUT2D eigenvalue weighted by molar-refractivity contribution is 7.92. The summed E-state index contributed by atoms with van der Waals surface area (Å²) in [6.07, 6.45) is 0. The van der Waals surface area contributed by atoms with Gasteiger partial charge in [-0.05, 0) is 55.0 Å². The van der Waals surface area contributed by atoms with Gasteiger partial charge in [0.15, 0.2) is 11.5 Å². The van der Waals surface area contributed by atoms with Crippen LogP contribution in [0.1, 0.15) is 15.9 Å². The molecule has 9 nitrogen and oxygen atoms in total. The minimum Gasteiger partial charge on any atom is -0.493 e. The topological polar surface area (TPSA) is 111 Å². The number of carbonyl (C=O) groups excluding carboxylic acids is 2. The molecule has 0 aliphatic carbocycles. The van der Waals surface area contributed by atoms with Crippen LogP contribution in [0.25, 0.3) is 0 Å². The third kappa shape index (κ3) is 6.12. The van der Waals surface area contributed by atoms with Crippen molar-refractivity contribution in [2.45, 2.75) is 11.8 Å². The van der Waals surface area contributed by atoms with Gasteiger partial charge < -0.3 is 19.5 Å². The molecule has 0 aromatic heterocycles. The van der Waals surface area contributed by atoms with Gasteiger partial charge >= 0.3 is 5.97 Å².